The van der Waals surface area contributed by atoms with E-state index >= 15 is 0 Å². The molecule has 0 fully saturated rings. The molecule has 1 aliphatic heterocycles. The van der Waals surface area contributed by atoms with Gasteiger partial charge in [0.2, 0.25) is 0 Å². The summed E-state index contributed by atoms with van der Waals surface area (Å²) in [4.78, 5) is -0.633. The molecule has 2 aromatic carbocycles. The van der Waals surface area contributed by atoms with E-state index in [1.54, 1.807) is 12.1 Å². The van der Waals surface area contributed by atoms with E-state index in [-0.39, 0.29) is 12.5 Å². The molecule has 0 amide bonds. The van der Waals surface area contributed by atoms with Crippen molar-refractivity contribution < 1.29 is 17.2 Å². The number of hydrogen-bond acceptors (Lipinski definition) is 2. The molecule has 1 aliphatic rings. The van der Waals surface area contributed by atoms with Gasteiger partial charge in [0.05, 0.1) is 5.69 Å². The van der Waals surface area contributed by atoms with Crippen molar-refractivity contribution in [1.29, 1.82) is 0 Å². The summed E-state index contributed by atoms with van der Waals surface area (Å²) in [5.41, 5.74) is 1.41. The van der Waals surface area contributed by atoms with Gasteiger partial charge in [0.15, 0.2) is 11.6 Å². The summed E-state index contributed by atoms with van der Waals surface area (Å²) in [5.74, 6) is -2.50. The summed E-state index contributed by atoms with van der Waals surface area (Å²) >= 11 is 0. The number of nitrogens with zero attached hydrogens (tertiary/aromatic N) is 1. The van der Waals surface area contributed by atoms with Crippen molar-refractivity contribution in [3.63, 3.8) is 0 Å². The Labute approximate surface area is 121 Å². The van der Waals surface area contributed by atoms with Crippen LogP contribution in [-0.2, 0) is 10.0 Å². The fourth-order valence-electron chi connectivity index (χ4n) is 2.61. The molecule has 21 heavy (non-hydrogen) atoms. The average Bonchev–Trinajstić information content (AvgIpc) is 2.80. The second-order valence-corrected chi connectivity index (χ2v) is 6.88. The fraction of sp³-hybridized carbons (Fsp3) is 0.200. The van der Waals surface area contributed by atoms with Gasteiger partial charge in [-0.3, -0.25) is 4.31 Å². The maximum absolute atomic E-state index is 13.8. The van der Waals surface area contributed by atoms with Crippen LogP contribution >= 0.6 is 0 Å². The molecule has 0 saturated heterocycles. The quantitative estimate of drug-likeness (QED) is 0.854. The number of benzene rings is 2. The third-order valence-corrected chi connectivity index (χ3v) is 5.46. The van der Waals surface area contributed by atoms with Gasteiger partial charge < -0.3 is 0 Å². The van der Waals surface area contributed by atoms with Crippen LogP contribution in [0.15, 0.2) is 47.4 Å². The van der Waals surface area contributed by atoms with Gasteiger partial charge in [-0.25, -0.2) is 17.2 Å². The van der Waals surface area contributed by atoms with Gasteiger partial charge in [0, 0.05) is 12.5 Å². The summed E-state index contributed by atoms with van der Waals surface area (Å²) in [7, 11) is -4.12. The van der Waals surface area contributed by atoms with Gasteiger partial charge in [0.1, 0.15) is 4.90 Å². The van der Waals surface area contributed by atoms with Crippen molar-refractivity contribution in [2.75, 3.05) is 10.8 Å². The van der Waals surface area contributed by atoms with Gasteiger partial charge in [0.25, 0.3) is 10.0 Å². The minimum atomic E-state index is -4.12. The zero-order chi connectivity index (χ0) is 15.2. The van der Waals surface area contributed by atoms with Crippen LogP contribution in [0.5, 0.6) is 0 Å². The average molecular weight is 309 g/mol. The van der Waals surface area contributed by atoms with Crippen molar-refractivity contribution in [2.24, 2.45) is 0 Å². The molecule has 6 heteroatoms. The van der Waals surface area contributed by atoms with E-state index in [9.17, 15) is 17.2 Å². The van der Waals surface area contributed by atoms with Crippen LogP contribution in [0.2, 0.25) is 0 Å². The molecule has 1 unspecified atom stereocenters. The number of sulfonamides is 1. The second kappa shape index (κ2) is 4.80. The third kappa shape index (κ3) is 2.10. The molecule has 0 saturated carbocycles. The molecular weight excluding hydrogens is 296 g/mol. The molecule has 3 rings (SSSR count). The number of halogens is 2. The normalized spacial score (nSPS) is 17.9. The van der Waals surface area contributed by atoms with E-state index in [1.165, 1.54) is 6.07 Å². The van der Waals surface area contributed by atoms with Crippen molar-refractivity contribution in [1.82, 2.24) is 0 Å². The standard InChI is InChI=1S/C15H13F2NO2S/c1-10-9-18(13-7-3-2-5-11(10)13)21(19,20)14-8-4-6-12(16)15(14)17/h2-8,10H,9H2,1H3. The van der Waals surface area contributed by atoms with Crippen LogP contribution in [0.25, 0.3) is 0 Å². The third-order valence-electron chi connectivity index (χ3n) is 3.66. The van der Waals surface area contributed by atoms with Crippen LogP contribution in [-0.4, -0.2) is 15.0 Å². The van der Waals surface area contributed by atoms with Gasteiger partial charge in [-0.2, -0.15) is 0 Å². The largest absolute Gasteiger partial charge is 0.267 e. The minimum absolute atomic E-state index is 0.00703. The Kier molecular flexibility index (Phi) is 3.20. The molecule has 1 heterocycles. The number of hydrogen-bond donors (Lipinski definition) is 0. The summed E-state index contributed by atoms with van der Waals surface area (Å²) in [6.07, 6.45) is 0. The molecule has 0 bridgehead atoms. The van der Waals surface area contributed by atoms with Crippen molar-refractivity contribution in [3.8, 4) is 0 Å². The molecule has 1 atom stereocenters. The molecule has 0 radical (unpaired) electrons. The minimum Gasteiger partial charge on any atom is -0.265 e. The van der Waals surface area contributed by atoms with Crippen molar-refractivity contribution >= 4 is 15.7 Å². The Bertz CT molecular complexity index is 805. The number of anilines is 1. The van der Waals surface area contributed by atoms with Crippen LogP contribution < -0.4 is 4.31 Å². The first-order chi connectivity index (χ1) is 9.93. The topological polar surface area (TPSA) is 37.4 Å². The van der Waals surface area contributed by atoms with Crippen LogP contribution in [0, 0.1) is 11.6 Å². The van der Waals surface area contributed by atoms with Gasteiger partial charge >= 0.3 is 0 Å². The van der Waals surface area contributed by atoms with Crippen LogP contribution in [0.3, 0.4) is 0 Å². The number of para-hydroxylation sites is 1. The maximum atomic E-state index is 13.8. The van der Waals surface area contributed by atoms with Crippen molar-refractivity contribution in [3.05, 3.63) is 59.7 Å². The zero-order valence-electron chi connectivity index (χ0n) is 11.3. The Morgan fingerprint density at radius 3 is 2.57 bits per heavy atom. The van der Waals surface area contributed by atoms with E-state index in [0.717, 1.165) is 22.0 Å². The first kappa shape index (κ1) is 14.0. The molecule has 0 N–H and O–H groups in total. The Morgan fingerprint density at radius 1 is 1.10 bits per heavy atom. The van der Waals surface area contributed by atoms with Crippen LogP contribution in [0.1, 0.15) is 18.4 Å². The van der Waals surface area contributed by atoms with Crippen LogP contribution in [0.4, 0.5) is 14.5 Å². The Morgan fingerprint density at radius 2 is 1.81 bits per heavy atom. The van der Waals surface area contributed by atoms with E-state index in [4.69, 9.17) is 0 Å². The van der Waals surface area contributed by atoms with E-state index in [0.29, 0.717) is 5.69 Å². The number of fused-ring (bicyclic) bond motifs is 1. The Hall–Kier alpha value is -1.95. The zero-order valence-corrected chi connectivity index (χ0v) is 12.1. The summed E-state index contributed by atoms with van der Waals surface area (Å²) in [5, 5.41) is 0. The molecule has 0 aliphatic carbocycles. The SMILES string of the molecule is CC1CN(S(=O)(=O)c2cccc(F)c2F)c2ccccc21. The highest BCUT2D eigenvalue weighted by molar-refractivity contribution is 7.92. The molecule has 0 spiro atoms. The predicted molar refractivity (Wildman–Crippen MR) is 75.7 cm³/mol. The maximum Gasteiger partial charge on any atom is 0.267 e. The van der Waals surface area contributed by atoms with Crippen molar-refractivity contribution in [2.45, 2.75) is 17.7 Å². The highest BCUT2D eigenvalue weighted by atomic mass is 32.2. The van der Waals surface area contributed by atoms with E-state index < -0.39 is 26.6 Å². The predicted octanol–water partition coefficient (Wildman–Crippen LogP) is 3.28. The van der Waals surface area contributed by atoms with Gasteiger partial charge in [-0.15, -0.1) is 0 Å². The lowest BCUT2D eigenvalue weighted by atomic mass is 10.0. The molecule has 3 nitrogen and oxygen atoms in total. The molecule has 0 aromatic heterocycles. The fourth-order valence-corrected chi connectivity index (χ4v) is 4.26. The molecular formula is C15H13F2NO2S. The lowest BCUT2D eigenvalue weighted by molar-refractivity contribution is 0.484. The second-order valence-electron chi connectivity index (χ2n) is 5.05. The van der Waals surface area contributed by atoms with E-state index in [1.807, 2.05) is 19.1 Å². The molecule has 2 aromatic rings. The van der Waals surface area contributed by atoms with E-state index in [2.05, 4.69) is 0 Å². The van der Waals surface area contributed by atoms with Gasteiger partial charge in [-0.1, -0.05) is 31.2 Å². The Balaban J connectivity index is 2.15. The summed E-state index contributed by atoms with van der Waals surface area (Å²) in [6.45, 7) is 2.12. The smallest absolute Gasteiger partial charge is 0.265 e. The summed E-state index contributed by atoms with van der Waals surface area (Å²) in [6, 6.07) is 10.2. The summed E-state index contributed by atoms with van der Waals surface area (Å²) < 4.78 is 53.6. The number of rotatable bonds is 2. The highest BCUT2D eigenvalue weighted by Crippen LogP contribution is 2.39. The lowest BCUT2D eigenvalue weighted by Crippen LogP contribution is -2.30. The lowest BCUT2D eigenvalue weighted by Gasteiger charge is -2.20. The van der Waals surface area contributed by atoms with Gasteiger partial charge in [-0.05, 0) is 23.8 Å². The molecule has 110 valence electrons. The first-order valence-corrected chi connectivity index (χ1v) is 7.92. The monoisotopic (exact) mass is 309 g/mol. The first-order valence-electron chi connectivity index (χ1n) is 6.48. The highest BCUT2D eigenvalue weighted by Gasteiger charge is 2.36.